The van der Waals surface area contributed by atoms with Crippen molar-refractivity contribution in [1.82, 2.24) is 10.2 Å². The molecular formula is C22H28ClF3N4O. The molecule has 1 amide bonds. The number of anilines is 1. The number of nitrogens with zero attached hydrogens (tertiary/aromatic N) is 3. The highest BCUT2D eigenvalue weighted by molar-refractivity contribution is 6.33. The van der Waals surface area contributed by atoms with Crippen LogP contribution in [0.1, 0.15) is 44.1 Å². The van der Waals surface area contributed by atoms with Gasteiger partial charge in [-0.2, -0.15) is 18.4 Å². The molecule has 1 saturated carbocycles. The number of halogens is 4. The van der Waals surface area contributed by atoms with Gasteiger partial charge in [0.2, 0.25) is 5.91 Å². The van der Waals surface area contributed by atoms with Crippen molar-refractivity contribution < 1.29 is 18.0 Å². The Morgan fingerprint density at radius 1 is 1.16 bits per heavy atom. The number of piperazine rings is 1. The summed E-state index contributed by atoms with van der Waals surface area (Å²) in [4.78, 5) is 15.8. The molecule has 0 unspecified atom stereocenters. The first-order valence-corrected chi connectivity index (χ1v) is 11.1. The maximum Gasteiger partial charge on any atom is 0.416 e. The smallest absolute Gasteiger partial charge is 0.368 e. The third-order valence-electron chi connectivity index (χ3n) is 6.29. The molecule has 1 aliphatic heterocycles. The van der Waals surface area contributed by atoms with Gasteiger partial charge in [-0.25, -0.2) is 0 Å². The number of rotatable bonds is 6. The Labute approximate surface area is 186 Å². The van der Waals surface area contributed by atoms with E-state index >= 15 is 0 Å². The normalized spacial score (nSPS) is 22.7. The van der Waals surface area contributed by atoms with Gasteiger partial charge in [-0.15, -0.1) is 0 Å². The van der Waals surface area contributed by atoms with Crippen molar-refractivity contribution in [2.45, 2.75) is 50.7 Å². The van der Waals surface area contributed by atoms with Gasteiger partial charge in [-0.3, -0.25) is 9.69 Å². The summed E-state index contributed by atoms with van der Waals surface area (Å²) >= 11 is 6.17. The fourth-order valence-corrected chi connectivity index (χ4v) is 4.69. The molecule has 5 nitrogen and oxygen atoms in total. The number of carbonyl (C=O) groups excluding carboxylic acids is 1. The monoisotopic (exact) mass is 456 g/mol. The summed E-state index contributed by atoms with van der Waals surface area (Å²) in [7, 11) is 0. The zero-order valence-electron chi connectivity index (χ0n) is 17.4. The Morgan fingerprint density at radius 2 is 1.84 bits per heavy atom. The largest absolute Gasteiger partial charge is 0.416 e. The summed E-state index contributed by atoms with van der Waals surface area (Å²) in [6, 6.07) is 5.54. The fraction of sp³-hybridized carbons (Fsp3) is 0.636. The van der Waals surface area contributed by atoms with Crippen LogP contribution in [0.5, 0.6) is 0 Å². The number of hydrogen-bond donors (Lipinski definition) is 1. The second kappa shape index (κ2) is 10.6. The SMILES string of the molecule is N#CCC(=O)N[C@H]1CC[C@H](CCN2CCN(c3cc(C(F)(F)F)ccc3Cl)CC2)CC1. The first-order chi connectivity index (χ1) is 14.8. The second-order valence-corrected chi connectivity index (χ2v) is 8.81. The minimum absolute atomic E-state index is 0.0857. The van der Waals surface area contributed by atoms with Crippen LogP contribution in [0, 0.1) is 17.2 Å². The van der Waals surface area contributed by atoms with E-state index in [4.69, 9.17) is 16.9 Å². The van der Waals surface area contributed by atoms with E-state index in [1.54, 1.807) is 0 Å². The van der Waals surface area contributed by atoms with E-state index in [0.29, 0.717) is 29.7 Å². The predicted molar refractivity (Wildman–Crippen MR) is 114 cm³/mol. The predicted octanol–water partition coefficient (Wildman–Crippen LogP) is 4.46. The van der Waals surface area contributed by atoms with Crippen LogP contribution in [0.3, 0.4) is 0 Å². The van der Waals surface area contributed by atoms with E-state index in [1.165, 1.54) is 6.07 Å². The molecular weight excluding hydrogens is 429 g/mol. The van der Waals surface area contributed by atoms with E-state index in [-0.39, 0.29) is 18.4 Å². The number of benzene rings is 1. The molecule has 0 radical (unpaired) electrons. The molecule has 2 fully saturated rings. The van der Waals surface area contributed by atoms with Crippen molar-refractivity contribution in [2.75, 3.05) is 37.6 Å². The summed E-state index contributed by atoms with van der Waals surface area (Å²) in [5.74, 6) is 0.435. The third-order valence-corrected chi connectivity index (χ3v) is 6.61. The van der Waals surface area contributed by atoms with Crippen molar-refractivity contribution in [2.24, 2.45) is 5.92 Å². The lowest BCUT2D eigenvalue weighted by Gasteiger charge is -2.37. The standard InChI is InChI=1S/C22H28ClF3N4O/c23-19-6-3-17(22(24,25)26)15-20(19)30-13-11-29(12-14-30)10-8-16-1-4-18(5-2-16)28-21(31)7-9-27/h3,6,15-16,18H,1-2,4-5,7-8,10-14H2,(H,28,31)/t16-,18-. The molecule has 1 saturated heterocycles. The van der Waals surface area contributed by atoms with Gasteiger partial charge in [0.15, 0.2) is 0 Å². The quantitative estimate of drug-likeness (QED) is 0.686. The van der Waals surface area contributed by atoms with Gasteiger partial charge in [0, 0.05) is 32.2 Å². The first-order valence-electron chi connectivity index (χ1n) is 10.8. The summed E-state index contributed by atoms with van der Waals surface area (Å²) in [6.45, 7) is 3.87. The maximum atomic E-state index is 13.0. The molecule has 2 aliphatic rings. The highest BCUT2D eigenvalue weighted by Crippen LogP contribution is 2.36. The Balaban J connectivity index is 1.41. The topological polar surface area (TPSA) is 59.4 Å². The Kier molecular flexibility index (Phi) is 8.06. The lowest BCUT2D eigenvalue weighted by atomic mass is 9.84. The summed E-state index contributed by atoms with van der Waals surface area (Å²) in [6.07, 6.45) is 0.654. The van der Waals surface area contributed by atoms with Crippen LogP contribution in [-0.2, 0) is 11.0 Å². The number of hydrogen-bond acceptors (Lipinski definition) is 4. The Hall–Kier alpha value is -1.98. The minimum Gasteiger partial charge on any atom is -0.368 e. The first kappa shape index (κ1) is 23.7. The number of nitrogens with one attached hydrogen (secondary N) is 1. The molecule has 0 bridgehead atoms. The van der Waals surface area contributed by atoms with Crippen LogP contribution >= 0.6 is 11.6 Å². The van der Waals surface area contributed by atoms with Crippen LogP contribution in [0.2, 0.25) is 5.02 Å². The molecule has 0 atom stereocenters. The van der Waals surface area contributed by atoms with Gasteiger partial charge >= 0.3 is 6.18 Å². The highest BCUT2D eigenvalue weighted by atomic mass is 35.5. The van der Waals surface area contributed by atoms with E-state index in [9.17, 15) is 18.0 Å². The van der Waals surface area contributed by atoms with E-state index in [1.807, 2.05) is 11.0 Å². The van der Waals surface area contributed by atoms with Crippen LogP contribution in [0.4, 0.5) is 18.9 Å². The third kappa shape index (κ3) is 6.75. The molecule has 3 rings (SSSR count). The molecule has 1 aromatic rings. The second-order valence-electron chi connectivity index (χ2n) is 8.40. The fourth-order valence-electron chi connectivity index (χ4n) is 4.45. The van der Waals surface area contributed by atoms with Crippen molar-refractivity contribution in [1.29, 1.82) is 5.26 Å². The summed E-state index contributed by atoms with van der Waals surface area (Å²) < 4.78 is 39.1. The summed E-state index contributed by atoms with van der Waals surface area (Å²) in [5, 5.41) is 11.8. The van der Waals surface area contributed by atoms with Crippen molar-refractivity contribution >= 4 is 23.2 Å². The minimum atomic E-state index is -4.38. The number of alkyl halides is 3. The van der Waals surface area contributed by atoms with Crippen molar-refractivity contribution in [3.63, 3.8) is 0 Å². The van der Waals surface area contributed by atoms with E-state index in [2.05, 4.69) is 10.2 Å². The lowest BCUT2D eigenvalue weighted by Crippen LogP contribution is -2.47. The van der Waals surface area contributed by atoms with Gasteiger partial charge in [0.25, 0.3) is 0 Å². The molecule has 9 heteroatoms. The molecule has 1 aromatic carbocycles. The number of nitriles is 1. The molecule has 1 N–H and O–H groups in total. The van der Waals surface area contributed by atoms with Gasteiger partial charge < -0.3 is 10.2 Å². The van der Waals surface area contributed by atoms with Gasteiger partial charge in [-0.05, 0) is 62.8 Å². The molecule has 31 heavy (non-hydrogen) atoms. The average molecular weight is 457 g/mol. The van der Waals surface area contributed by atoms with Gasteiger partial charge in [0.1, 0.15) is 6.42 Å². The highest BCUT2D eigenvalue weighted by Gasteiger charge is 2.32. The van der Waals surface area contributed by atoms with E-state index < -0.39 is 11.7 Å². The van der Waals surface area contributed by atoms with Crippen LogP contribution in [-0.4, -0.2) is 49.6 Å². The number of amides is 1. The molecule has 170 valence electrons. The zero-order valence-corrected chi connectivity index (χ0v) is 18.2. The molecule has 1 heterocycles. The Morgan fingerprint density at radius 3 is 2.45 bits per heavy atom. The Bertz CT molecular complexity index is 795. The van der Waals surface area contributed by atoms with Crippen LogP contribution < -0.4 is 10.2 Å². The van der Waals surface area contributed by atoms with Crippen LogP contribution in [0.15, 0.2) is 18.2 Å². The zero-order chi connectivity index (χ0) is 22.4. The average Bonchev–Trinajstić information content (AvgIpc) is 2.73. The van der Waals surface area contributed by atoms with Gasteiger partial charge in [0.05, 0.1) is 22.3 Å². The summed E-state index contributed by atoms with van der Waals surface area (Å²) in [5.41, 5.74) is -0.221. The van der Waals surface area contributed by atoms with E-state index in [0.717, 1.165) is 63.9 Å². The van der Waals surface area contributed by atoms with Crippen molar-refractivity contribution in [3.8, 4) is 6.07 Å². The lowest BCUT2D eigenvalue weighted by molar-refractivity contribution is -0.137. The molecule has 0 aromatic heterocycles. The number of carbonyl (C=O) groups is 1. The van der Waals surface area contributed by atoms with Crippen LogP contribution in [0.25, 0.3) is 0 Å². The van der Waals surface area contributed by atoms with Crippen molar-refractivity contribution in [3.05, 3.63) is 28.8 Å². The maximum absolute atomic E-state index is 13.0. The molecule has 0 spiro atoms. The van der Waals surface area contributed by atoms with Gasteiger partial charge in [-0.1, -0.05) is 11.6 Å². The molecule has 1 aliphatic carbocycles.